The summed E-state index contributed by atoms with van der Waals surface area (Å²) >= 11 is 7.21. The number of benzene rings is 2. The molecule has 0 saturated carbocycles. The van der Waals surface area contributed by atoms with Crippen molar-refractivity contribution in [2.24, 2.45) is 5.92 Å². The number of ether oxygens (including phenoxy) is 1. The Hall–Kier alpha value is -1.86. The van der Waals surface area contributed by atoms with Crippen LogP contribution >= 0.6 is 31.9 Å². The summed E-state index contributed by atoms with van der Waals surface area (Å²) < 4.78 is 9.38. The smallest absolute Gasteiger partial charge is 0.341 e. The van der Waals surface area contributed by atoms with E-state index >= 15 is 0 Å². The van der Waals surface area contributed by atoms with Crippen molar-refractivity contribution in [3.8, 4) is 5.75 Å². The van der Waals surface area contributed by atoms with Crippen LogP contribution in [0.4, 0.5) is 0 Å². The molecule has 0 bridgehead atoms. The zero-order chi connectivity index (χ0) is 22.0. The third-order valence-electron chi connectivity index (χ3n) is 4.79. The van der Waals surface area contributed by atoms with Gasteiger partial charge in [0.15, 0.2) is 6.61 Å². The lowest BCUT2D eigenvalue weighted by atomic mass is 10.0. The van der Waals surface area contributed by atoms with Gasteiger partial charge in [0.05, 0.1) is 11.0 Å². The number of carbonyl (C=O) groups is 1. The van der Waals surface area contributed by atoms with E-state index in [9.17, 15) is 4.79 Å². The van der Waals surface area contributed by atoms with E-state index in [0.29, 0.717) is 17.7 Å². The summed E-state index contributed by atoms with van der Waals surface area (Å²) in [5.74, 6) is 1.19. The Kier molecular flexibility index (Phi) is 7.24. The Bertz CT molecular complexity index is 1050. The van der Waals surface area contributed by atoms with E-state index in [1.165, 1.54) is 5.56 Å². The Morgan fingerprint density at radius 3 is 2.37 bits per heavy atom. The largest absolute Gasteiger partial charge is 0.482 e. The molecule has 2 aromatic carbocycles. The Balaban J connectivity index is 1.94. The lowest BCUT2D eigenvalue weighted by Crippen LogP contribution is -2.09. The molecule has 1 aromatic heterocycles. The second-order valence-electron chi connectivity index (χ2n) is 8.14. The molecule has 5 nitrogen and oxygen atoms in total. The monoisotopic (exact) mass is 536 g/mol. The van der Waals surface area contributed by atoms with Gasteiger partial charge in [-0.1, -0.05) is 51.8 Å². The molecule has 0 aliphatic carbocycles. The molecule has 0 unspecified atom stereocenters. The van der Waals surface area contributed by atoms with Gasteiger partial charge in [0.2, 0.25) is 0 Å². The maximum absolute atomic E-state index is 10.7. The van der Waals surface area contributed by atoms with Crippen LogP contribution in [0.15, 0.2) is 39.3 Å². The zero-order valence-corrected chi connectivity index (χ0v) is 20.7. The Labute approximate surface area is 193 Å². The minimum absolute atomic E-state index is 0.336. The van der Waals surface area contributed by atoms with Gasteiger partial charge in [-0.3, -0.25) is 0 Å². The molecule has 30 heavy (non-hydrogen) atoms. The van der Waals surface area contributed by atoms with E-state index in [1.54, 1.807) is 12.1 Å². The molecule has 0 radical (unpaired) electrons. The molecule has 0 spiro atoms. The van der Waals surface area contributed by atoms with Crippen molar-refractivity contribution in [1.82, 2.24) is 9.55 Å². The molecule has 3 aromatic rings. The number of carboxylic acids is 1. The molecule has 3 rings (SSSR count). The lowest BCUT2D eigenvalue weighted by molar-refractivity contribution is -0.139. The average Bonchev–Trinajstić information content (AvgIpc) is 2.99. The standard InChI is InChI=1S/C23H26Br2N2O3/c1-13(2)7-22-26-20-6-5-15(9-21(20)27(22)14(3)4)8-17-18(24)10-16(11-19(17)25)30-12-23(28)29/h5-6,9-11,13-14H,7-8,12H2,1-4H3,(H,28,29). The lowest BCUT2D eigenvalue weighted by Gasteiger charge is -2.15. The molecule has 0 saturated heterocycles. The molecule has 0 aliphatic rings. The maximum atomic E-state index is 10.7. The van der Waals surface area contributed by atoms with Crippen molar-refractivity contribution in [2.75, 3.05) is 6.61 Å². The van der Waals surface area contributed by atoms with Gasteiger partial charge in [-0.2, -0.15) is 0 Å². The molecule has 160 valence electrons. The molecule has 1 N–H and O–H groups in total. The Morgan fingerprint density at radius 1 is 1.13 bits per heavy atom. The number of rotatable bonds is 8. The van der Waals surface area contributed by atoms with Crippen LogP contribution in [0.25, 0.3) is 11.0 Å². The first-order valence-electron chi connectivity index (χ1n) is 9.98. The summed E-state index contributed by atoms with van der Waals surface area (Å²) in [4.78, 5) is 15.6. The van der Waals surface area contributed by atoms with E-state index in [4.69, 9.17) is 14.8 Å². The number of hydrogen-bond acceptors (Lipinski definition) is 3. The Morgan fingerprint density at radius 2 is 1.80 bits per heavy atom. The van der Waals surface area contributed by atoms with E-state index in [-0.39, 0.29) is 6.61 Å². The van der Waals surface area contributed by atoms with E-state index < -0.39 is 5.97 Å². The van der Waals surface area contributed by atoms with Crippen LogP contribution in [-0.2, 0) is 17.6 Å². The zero-order valence-electron chi connectivity index (χ0n) is 17.6. The van der Waals surface area contributed by atoms with Crippen LogP contribution in [0.5, 0.6) is 5.75 Å². The number of fused-ring (bicyclic) bond motifs is 1. The van der Waals surface area contributed by atoms with Crippen LogP contribution in [-0.4, -0.2) is 27.2 Å². The number of aromatic nitrogens is 2. The predicted molar refractivity (Wildman–Crippen MR) is 126 cm³/mol. The fourth-order valence-electron chi connectivity index (χ4n) is 3.56. The second-order valence-corrected chi connectivity index (χ2v) is 9.85. The van der Waals surface area contributed by atoms with Gasteiger partial charge in [0, 0.05) is 21.4 Å². The minimum atomic E-state index is -1.00. The minimum Gasteiger partial charge on any atom is -0.482 e. The quantitative estimate of drug-likeness (QED) is 0.361. The number of carboxylic acid groups (broad SMARTS) is 1. The first-order chi connectivity index (χ1) is 14.2. The predicted octanol–water partition coefficient (Wildman–Crippen LogP) is 6.39. The maximum Gasteiger partial charge on any atom is 0.341 e. The highest BCUT2D eigenvalue weighted by Crippen LogP contribution is 2.33. The van der Waals surface area contributed by atoms with E-state index in [0.717, 1.165) is 44.2 Å². The van der Waals surface area contributed by atoms with Gasteiger partial charge < -0.3 is 14.4 Å². The molecule has 1 heterocycles. The highest BCUT2D eigenvalue weighted by molar-refractivity contribution is 9.11. The van der Waals surface area contributed by atoms with Gasteiger partial charge in [-0.15, -0.1) is 0 Å². The van der Waals surface area contributed by atoms with E-state index in [2.05, 4.69) is 82.3 Å². The van der Waals surface area contributed by atoms with Gasteiger partial charge in [0.1, 0.15) is 11.6 Å². The van der Waals surface area contributed by atoms with Gasteiger partial charge in [-0.25, -0.2) is 9.78 Å². The van der Waals surface area contributed by atoms with Crippen molar-refractivity contribution < 1.29 is 14.6 Å². The average molecular weight is 538 g/mol. The topological polar surface area (TPSA) is 64.3 Å². The number of halogens is 2. The van der Waals surface area contributed by atoms with Crippen molar-refractivity contribution in [3.63, 3.8) is 0 Å². The first-order valence-corrected chi connectivity index (χ1v) is 11.6. The van der Waals surface area contributed by atoms with Crippen LogP contribution in [0.1, 0.15) is 50.7 Å². The summed E-state index contributed by atoms with van der Waals surface area (Å²) in [6, 6.07) is 10.4. The third-order valence-corrected chi connectivity index (χ3v) is 6.21. The van der Waals surface area contributed by atoms with Crippen LogP contribution < -0.4 is 4.74 Å². The van der Waals surface area contributed by atoms with E-state index in [1.807, 2.05) is 0 Å². The molecule has 7 heteroatoms. The van der Waals surface area contributed by atoms with Crippen molar-refractivity contribution in [3.05, 3.63) is 56.2 Å². The first kappa shape index (κ1) is 22.8. The molecule has 0 aliphatic heterocycles. The fourth-order valence-corrected chi connectivity index (χ4v) is 4.99. The fraction of sp³-hybridized carbons (Fsp3) is 0.391. The van der Waals surface area contributed by atoms with Crippen LogP contribution in [0.3, 0.4) is 0 Å². The van der Waals surface area contributed by atoms with Gasteiger partial charge in [0.25, 0.3) is 0 Å². The highest BCUT2D eigenvalue weighted by atomic mass is 79.9. The molecular formula is C23H26Br2N2O3. The van der Waals surface area contributed by atoms with Gasteiger partial charge in [-0.05, 0) is 61.6 Å². The molecule has 0 atom stereocenters. The molecule has 0 fully saturated rings. The van der Waals surface area contributed by atoms with Crippen molar-refractivity contribution in [1.29, 1.82) is 0 Å². The van der Waals surface area contributed by atoms with Gasteiger partial charge >= 0.3 is 5.97 Å². The summed E-state index contributed by atoms with van der Waals surface area (Å²) in [6.45, 7) is 8.46. The van der Waals surface area contributed by atoms with Crippen molar-refractivity contribution >= 4 is 48.9 Å². The van der Waals surface area contributed by atoms with Crippen LogP contribution in [0.2, 0.25) is 0 Å². The van der Waals surface area contributed by atoms with Crippen molar-refractivity contribution in [2.45, 2.75) is 46.6 Å². The summed E-state index contributed by atoms with van der Waals surface area (Å²) in [6.07, 6.45) is 1.68. The third kappa shape index (κ3) is 5.24. The number of imidazole rings is 1. The second kappa shape index (κ2) is 9.52. The SMILES string of the molecule is CC(C)Cc1nc2ccc(Cc3c(Br)cc(OCC(=O)O)cc3Br)cc2n1C(C)C. The molecular weight excluding hydrogens is 512 g/mol. The highest BCUT2D eigenvalue weighted by Gasteiger charge is 2.16. The van der Waals surface area contributed by atoms with Crippen LogP contribution in [0, 0.1) is 5.92 Å². The summed E-state index contributed by atoms with van der Waals surface area (Å²) in [7, 11) is 0. The normalized spacial score (nSPS) is 11.6. The molecule has 0 amide bonds. The summed E-state index contributed by atoms with van der Waals surface area (Å²) in [5.41, 5.74) is 4.45. The number of nitrogens with zero attached hydrogens (tertiary/aromatic N) is 2. The number of aliphatic carboxylic acids is 1. The number of hydrogen-bond donors (Lipinski definition) is 1. The summed E-state index contributed by atoms with van der Waals surface area (Å²) in [5, 5.41) is 8.81.